The number of nitriles is 1. The maximum atomic E-state index is 9.42. The van der Waals surface area contributed by atoms with Gasteiger partial charge in [-0.05, 0) is 48.7 Å². The lowest BCUT2D eigenvalue weighted by atomic mass is 9.64. The number of rotatable bonds is 2. The van der Waals surface area contributed by atoms with Crippen LogP contribution in [0.3, 0.4) is 0 Å². The Labute approximate surface area is 150 Å². The van der Waals surface area contributed by atoms with Crippen molar-refractivity contribution in [2.24, 2.45) is 5.92 Å². The maximum Gasteiger partial charge on any atom is 0.110 e. The lowest BCUT2D eigenvalue weighted by molar-refractivity contribution is 0.219. The van der Waals surface area contributed by atoms with Crippen molar-refractivity contribution < 1.29 is 0 Å². The predicted molar refractivity (Wildman–Crippen MR) is 103 cm³/mol. The van der Waals surface area contributed by atoms with Gasteiger partial charge in [0.1, 0.15) is 6.17 Å². The van der Waals surface area contributed by atoms with Crippen LogP contribution >= 0.6 is 0 Å². The minimum Gasteiger partial charge on any atom is -0.352 e. The van der Waals surface area contributed by atoms with Crippen molar-refractivity contribution in [2.45, 2.75) is 45.2 Å². The predicted octanol–water partition coefficient (Wildman–Crippen LogP) is 5.18. The van der Waals surface area contributed by atoms with E-state index >= 15 is 0 Å². The Morgan fingerprint density at radius 3 is 2.44 bits per heavy atom. The summed E-state index contributed by atoms with van der Waals surface area (Å²) in [5, 5.41) is 9.42. The third kappa shape index (κ3) is 1.97. The number of hydrogen-bond acceptors (Lipinski definition) is 3. The van der Waals surface area contributed by atoms with Crippen molar-refractivity contribution >= 4 is 17.1 Å². The Kier molecular flexibility index (Phi) is 3.54. The van der Waals surface area contributed by atoms with Gasteiger partial charge >= 0.3 is 0 Å². The molecule has 2 heterocycles. The molecule has 0 saturated heterocycles. The number of para-hydroxylation sites is 2. The van der Waals surface area contributed by atoms with E-state index in [9.17, 15) is 5.26 Å². The molecule has 2 aliphatic heterocycles. The highest BCUT2D eigenvalue weighted by Crippen LogP contribution is 2.57. The molecule has 0 fully saturated rings. The van der Waals surface area contributed by atoms with Crippen LogP contribution in [0.4, 0.5) is 17.1 Å². The molecule has 3 nitrogen and oxygen atoms in total. The first-order valence-corrected chi connectivity index (χ1v) is 9.22. The van der Waals surface area contributed by atoms with Gasteiger partial charge in [0.2, 0.25) is 0 Å². The second-order valence-electron chi connectivity index (χ2n) is 7.51. The van der Waals surface area contributed by atoms with Crippen molar-refractivity contribution in [3.63, 3.8) is 0 Å². The fourth-order valence-electron chi connectivity index (χ4n) is 5.06. The topological polar surface area (TPSA) is 30.3 Å². The van der Waals surface area contributed by atoms with E-state index in [0.717, 1.165) is 18.4 Å². The van der Waals surface area contributed by atoms with Gasteiger partial charge in [0.15, 0.2) is 0 Å². The van der Waals surface area contributed by atoms with E-state index in [4.69, 9.17) is 0 Å². The van der Waals surface area contributed by atoms with Gasteiger partial charge in [0.25, 0.3) is 0 Å². The van der Waals surface area contributed by atoms with Crippen molar-refractivity contribution in [3.05, 3.63) is 53.6 Å². The van der Waals surface area contributed by atoms with Crippen LogP contribution < -0.4 is 9.80 Å². The normalized spacial score (nSPS) is 26.7. The number of nitrogens with zero attached hydrogens (tertiary/aromatic N) is 3. The Morgan fingerprint density at radius 2 is 1.80 bits per heavy atom. The second-order valence-corrected chi connectivity index (χ2v) is 7.51. The first-order chi connectivity index (χ1) is 12.1. The van der Waals surface area contributed by atoms with Gasteiger partial charge in [-0.3, -0.25) is 0 Å². The molecule has 0 saturated carbocycles. The lowest BCUT2D eigenvalue weighted by Crippen LogP contribution is -2.55. The molecule has 3 heteroatoms. The fourth-order valence-corrected chi connectivity index (χ4v) is 5.06. The van der Waals surface area contributed by atoms with Gasteiger partial charge in [-0.1, -0.05) is 32.9 Å². The van der Waals surface area contributed by atoms with Crippen LogP contribution in [0.5, 0.6) is 0 Å². The van der Waals surface area contributed by atoms with E-state index in [0.29, 0.717) is 12.1 Å². The summed E-state index contributed by atoms with van der Waals surface area (Å²) in [6.07, 6.45) is 2.51. The Bertz CT molecular complexity index is 866. The molecule has 128 valence electrons. The molecule has 2 aromatic rings. The molecule has 0 N–H and O–H groups in total. The standard InChI is InChI=1S/C22H25N3/c1-5-16-21-24(4)19-9-7-8-10-20(19)25(21)18-12-11-15(14-23)13-17(18)22(16,3)6-2/h7-13,16,21H,5-6H2,1-4H3. The van der Waals surface area contributed by atoms with Crippen LogP contribution in [0, 0.1) is 17.2 Å². The second kappa shape index (κ2) is 5.52. The molecule has 0 amide bonds. The van der Waals surface area contributed by atoms with E-state index in [-0.39, 0.29) is 5.41 Å². The van der Waals surface area contributed by atoms with Gasteiger partial charge in [0.05, 0.1) is 23.0 Å². The Morgan fingerprint density at radius 1 is 1.08 bits per heavy atom. The van der Waals surface area contributed by atoms with Crippen LogP contribution in [0.1, 0.15) is 44.7 Å². The molecule has 0 spiro atoms. The zero-order chi connectivity index (χ0) is 17.8. The van der Waals surface area contributed by atoms with E-state index in [1.807, 2.05) is 6.07 Å². The van der Waals surface area contributed by atoms with Gasteiger partial charge < -0.3 is 9.80 Å². The summed E-state index contributed by atoms with van der Waals surface area (Å²) >= 11 is 0. The molecule has 0 radical (unpaired) electrons. The smallest absolute Gasteiger partial charge is 0.110 e. The average Bonchev–Trinajstić information content (AvgIpc) is 2.95. The van der Waals surface area contributed by atoms with Crippen LogP contribution in [0.15, 0.2) is 42.5 Å². The lowest BCUT2D eigenvalue weighted by Gasteiger charge is -2.52. The van der Waals surface area contributed by atoms with Crippen LogP contribution in [-0.2, 0) is 5.41 Å². The summed E-state index contributed by atoms with van der Waals surface area (Å²) in [4.78, 5) is 4.94. The first-order valence-electron chi connectivity index (χ1n) is 9.22. The van der Waals surface area contributed by atoms with Gasteiger partial charge in [-0.2, -0.15) is 5.26 Å². The Hall–Kier alpha value is -2.47. The molecule has 0 aromatic heterocycles. The van der Waals surface area contributed by atoms with Crippen LogP contribution in [0.2, 0.25) is 0 Å². The van der Waals surface area contributed by atoms with Crippen molar-refractivity contribution in [1.82, 2.24) is 0 Å². The van der Waals surface area contributed by atoms with E-state index in [2.05, 4.69) is 80.1 Å². The quantitative estimate of drug-likeness (QED) is 0.759. The van der Waals surface area contributed by atoms with E-state index in [1.54, 1.807) is 0 Å². The SMILES string of the molecule is CCC1C2N(C)c3ccccc3N2c2ccc(C#N)cc2C1(C)CC. The molecular weight excluding hydrogens is 306 g/mol. The highest BCUT2D eigenvalue weighted by atomic mass is 15.4. The summed E-state index contributed by atoms with van der Waals surface area (Å²) in [5.41, 5.74) is 5.97. The van der Waals surface area contributed by atoms with Gasteiger partial charge in [0, 0.05) is 24.1 Å². The molecule has 2 aliphatic rings. The van der Waals surface area contributed by atoms with Crippen molar-refractivity contribution in [2.75, 3.05) is 16.8 Å². The molecule has 4 rings (SSSR count). The molecule has 3 atom stereocenters. The molecule has 25 heavy (non-hydrogen) atoms. The van der Waals surface area contributed by atoms with Crippen molar-refractivity contribution in [1.29, 1.82) is 5.26 Å². The number of anilines is 3. The zero-order valence-corrected chi connectivity index (χ0v) is 15.5. The molecule has 0 aliphatic carbocycles. The highest BCUT2D eigenvalue weighted by Gasteiger charge is 2.52. The van der Waals surface area contributed by atoms with Gasteiger partial charge in [-0.25, -0.2) is 0 Å². The fraction of sp³-hybridized carbons (Fsp3) is 0.409. The minimum atomic E-state index is 0.0639. The van der Waals surface area contributed by atoms with E-state index < -0.39 is 0 Å². The third-order valence-electron chi connectivity index (χ3n) is 6.54. The van der Waals surface area contributed by atoms with Gasteiger partial charge in [-0.15, -0.1) is 0 Å². The zero-order valence-electron chi connectivity index (χ0n) is 15.5. The number of fused-ring (bicyclic) bond motifs is 5. The summed E-state index contributed by atoms with van der Waals surface area (Å²) in [7, 11) is 2.22. The molecule has 3 unspecified atom stereocenters. The highest BCUT2D eigenvalue weighted by molar-refractivity contribution is 5.86. The Balaban J connectivity index is 2.02. The number of benzene rings is 2. The first kappa shape index (κ1) is 16.0. The minimum absolute atomic E-state index is 0.0639. The molecule has 2 aromatic carbocycles. The van der Waals surface area contributed by atoms with Crippen LogP contribution in [0.25, 0.3) is 0 Å². The molecular formula is C22H25N3. The number of hydrogen-bond donors (Lipinski definition) is 0. The van der Waals surface area contributed by atoms with Crippen molar-refractivity contribution in [3.8, 4) is 6.07 Å². The monoisotopic (exact) mass is 331 g/mol. The molecule has 0 bridgehead atoms. The summed E-state index contributed by atoms with van der Waals surface area (Å²) < 4.78 is 0. The summed E-state index contributed by atoms with van der Waals surface area (Å²) in [6, 6.07) is 17.2. The van der Waals surface area contributed by atoms with Crippen LogP contribution in [-0.4, -0.2) is 13.2 Å². The summed E-state index contributed by atoms with van der Waals surface area (Å²) in [5.74, 6) is 0.497. The van der Waals surface area contributed by atoms with E-state index in [1.165, 1.54) is 22.6 Å². The largest absolute Gasteiger partial charge is 0.352 e. The summed E-state index contributed by atoms with van der Waals surface area (Å²) in [6.45, 7) is 6.96. The third-order valence-corrected chi connectivity index (χ3v) is 6.54. The maximum absolute atomic E-state index is 9.42. The average molecular weight is 331 g/mol.